The van der Waals surface area contributed by atoms with Crippen molar-refractivity contribution >= 4 is 5.91 Å². The SMILES string of the molecule is O=C(CCCCCCC(NO)c1ccc(-c2ccccc2)cc1)NO. The Bertz CT molecular complexity index is 629. The average Bonchev–Trinajstić information content (AvgIpc) is 2.68. The molecule has 25 heavy (non-hydrogen) atoms. The van der Waals surface area contributed by atoms with Gasteiger partial charge in [0.05, 0.1) is 6.04 Å². The molecule has 0 saturated carbocycles. The molecule has 5 heteroatoms. The zero-order chi connectivity index (χ0) is 17.9. The van der Waals surface area contributed by atoms with Gasteiger partial charge in [-0.3, -0.25) is 10.0 Å². The van der Waals surface area contributed by atoms with Crippen molar-refractivity contribution in [2.75, 3.05) is 0 Å². The van der Waals surface area contributed by atoms with E-state index in [2.05, 4.69) is 29.7 Å². The van der Waals surface area contributed by atoms with Crippen molar-refractivity contribution in [3.05, 3.63) is 60.2 Å². The lowest BCUT2D eigenvalue weighted by Crippen LogP contribution is -2.18. The molecule has 0 saturated heterocycles. The molecule has 0 aliphatic carbocycles. The molecule has 2 rings (SSSR count). The number of nitrogens with one attached hydrogen (secondary N) is 2. The van der Waals surface area contributed by atoms with Gasteiger partial charge in [-0.05, 0) is 29.5 Å². The number of unbranched alkanes of at least 4 members (excludes halogenated alkanes) is 3. The molecule has 0 aromatic heterocycles. The summed E-state index contributed by atoms with van der Waals surface area (Å²) in [5.74, 6) is -0.339. The molecule has 1 atom stereocenters. The summed E-state index contributed by atoms with van der Waals surface area (Å²) in [6.07, 6.45) is 4.80. The van der Waals surface area contributed by atoms with Crippen LogP contribution >= 0.6 is 0 Å². The highest BCUT2D eigenvalue weighted by atomic mass is 16.5. The fourth-order valence-corrected chi connectivity index (χ4v) is 2.89. The number of hydroxylamine groups is 2. The van der Waals surface area contributed by atoms with Crippen LogP contribution in [-0.2, 0) is 4.79 Å². The summed E-state index contributed by atoms with van der Waals surface area (Å²) in [5, 5.41) is 17.9. The maximum absolute atomic E-state index is 10.9. The Morgan fingerprint density at radius 1 is 0.840 bits per heavy atom. The maximum Gasteiger partial charge on any atom is 0.243 e. The molecule has 5 nitrogen and oxygen atoms in total. The third kappa shape index (κ3) is 6.31. The first-order valence-corrected chi connectivity index (χ1v) is 8.72. The highest BCUT2D eigenvalue weighted by Crippen LogP contribution is 2.24. The van der Waals surface area contributed by atoms with Crippen LogP contribution in [0.15, 0.2) is 54.6 Å². The van der Waals surface area contributed by atoms with E-state index in [0.717, 1.165) is 43.2 Å². The van der Waals surface area contributed by atoms with Crippen molar-refractivity contribution in [2.45, 2.75) is 44.6 Å². The second-order valence-corrected chi connectivity index (χ2v) is 6.16. The topological polar surface area (TPSA) is 81.6 Å². The first-order valence-electron chi connectivity index (χ1n) is 8.72. The normalized spacial score (nSPS) is 11.9. The van der Waals surface area contributed by atoms with Gasteiger partial charge < -0.3 is 5.21 Å². The number of amides is 1. The summed E-state index contributed by atoms with van der Waals surface area (Å²) in [6.45, 7) is 0. The molecule has 2 aromatic rings. The number of benzene rings is 2. The van der Waals surface area contributed by atoms with Crippen LogP contribution in [0.25, 0.3) is 11.1 Å². The molecular formula is C20H26N2O3. The molecule has 0 bridgehead atoms. The smallest absolute Gasteiger partial charge is 0.243 e. The van der Waals surface area contributed by atoms with Crippen LogP contribution in [0.2, 0.25) is 0 Å². The lowest BCUT2D eigenvalue weighted by atomic mass is 9.97. The predicted molar refractivity (Wildman–Crippen MR) is 97.2 cm³/mol. The van der Waals surface area contributed by atoms with E-state index in [9.17, 15) is 10.0 Å². The van der Waals surface area contributed by atoms with Crippen molar-refractivity contribution in [3.8, 4) is 11.1 Å². The summed E-state index contributed by atoms with van der Waals surface area (Å²) in [7, 11) is 0. The van der Waals surface area contributed by atoms with E-state index >= 15 is 0 Å². The van der Waals surface area contributed by atoms with E-state index in [1.54, 1.807) is 5.48 Å². The van der Waals surface area contributed by atoms with Gasteiger partial charge >= 0.3 is 0 Å². The van der Waals surface area contributed by atoms with E-state index in [1.807, 2.05) is 30.3 Å². The summed E-state index contributed by atoms with van der Waals surface area (Å²) in [6, 6.07) is 18.3. The summed E-state index contributed by atoms with van der Waals surface area (Å²) in [4.78, 5) is 10.9. The molecular weight excluding hydrogens is 316 g/mol. The molecule has 134 valence electrons. The summed E-state index contributed by atoms with van der Waals surface area (Å²) < 4.78 is 0. The molecule has 4 N–H and O–H groups in total. The van der Waals surface area contributed by atoms with Crippen LogP contribution < -0.4 is 11.0 Å². The highest BCUT2D eigenvalue weighted by Gasteiger charge is 2.10. The van der Waals surface area contributed by atoms with Gasteiger partial charge in [0.25, 0.3) is 0 Å². The van der Waals surface area contributed by atoms with Crippen LogP contribution in [0.1, 0.15) is 50.1 Å². The lowest BCUT2D eigenvalue weighted by Gasteiger charge is -2.16. The second-order valence-electron chi connectivity index (χ2n) is 6.16. The van der Waals surface area contributed by atoms with Crippen molar-refractivity contribution < 1.29 is 15.2 Å². The van der Waals surface area contributed by atoms with Gasteiger partial charge in [-0.25, -0.2) is 5.48 Å². The monoisotopic (exact) mass is 342 g/mol. The van der Waals surface area contributed by atoms with Crippen LogP contribution in [0.4, 0.5) is 0 Å². The standard InChI is InChI=1S/C20H26N2O3/c23-20(22-25)11-7-2-1-6-10-19(21-24)18-14-12-17(13-15-18)16-8-4-3-5-9-16/h3-5,8-9,12-15,19,21,24-25H,1-2,6-7,10-11H2,(H,22,23). The quantitative estimate of drug-likeness (QED) is 0.296. The van der Waals surface area contributed by atoms with E-state index in [1.165, 1.54) is 5.56 Å². The van der Waals surface area contributed by atoms with Crippen LogP contribution in [0.5, 0.6) is 0 Å². The van der Waals surface area contributed by atoms with Gasteiger partial charge in [0.15, 0.2) is 0 Å². The van der Waals surface area contributed by atoms with Crippen molar-refractivity contribution in [2.24, 2.45) is 0 Å². The van der Waals surface area contributed by atoms with E-state index in [-0.39, 0.29) is 11.9 Å². The minimum Gasteiger partial charge on any atom is -0.316 e. The number of hydrogen-bond acceptors (Lipinski definition) is 4. The molecule has 0 aliphatic heterocycles. The first-order chi connectivity index (χ1) is 12.2. The molecule has 0 radical (unpaired) electrons. The Kier molecular flexibility index (Phi) is 8.12. The highest BCUT2D eigenvalue weighted by molar-refractivity contribution is 5.74. The average molecular weight is 342 g/mol. The predicted octanol–water partition coefficient (Wildman–Crippen LogP) is 4.22. The van der Waals surface area contributed by atoms with E-state index < -0.39 is 0 Å². The van der Waals surface area contributed by atoms with E-state index in [4.69, 9.17) is 5.21 Å². The molecule has 1 unspecified atom stereocenters. The van der Waals surface area contributed by atoms with Gasteiger partial charge in [0.1, 0.15) is 0 Å². The molecule has 2 aromatic carbocycles. The summed E-state index contributed by atoms with van der Waals surface area (Å²) >= 11 is 0. The van der Waals surface area contributed by atoms with Crippen LogP contribution in [-0.4, -0.2) is 16.3 Å². The minimum absolute atomic E-state index is 0.0921. The molecule has 0 aliphatic rings. The molecule has 0 spiro atoms. The van der Waals surface area contributed by atoms with Crippen molar-refractivity contribution in [1.82, 2.24) is 11.0 Å². The molecule has 1 amide bonds. The Morgan fingerprint density at radius 2 is 1.48 bits per heavy atom. The fraction of sp³-hybridized carbons (Fsp3) is 0.350. The Balaban J connectivity index is 1.79. The zero-order valence-electron chi connectivity index (χ0n) is 14.3. The molecule has 0 fully saturated rings. The van der Waals surface area contributed by atoms with Crippen LogP contribution in [0, 0.1) is 0 Å². The van der Waals surface area contributed by atoms with Crippen molar-refractivity contribution in [3.63, 3.8) is 0 Å². The first kappa shape index (κ1) is 19.1. The van der Waals surface area contributed by atoms with Gasteiger partial charge in [0.2, 0.25) is 5.91 Å². The van der Waals surface area contributed by atoms with Crippen molar-refractivity contribution in [1.29, 1.82) is 0 Å². The zero-order valence-corrected chi connectivity index (χ0v) is 14.3. The lowest BCUT2D eigenvalue weighted by molar-refractivity contribution is -0.129. The van der Waals surface area contributed by atoms with E-state index in [0.29, 0.717) is 6.42 Å². The Hall–Kier alpha value is -2.21. The number of rotatable bonds is 10. The van der Waals surface area contributed by atoms with Gasteiger partial charge in [-0.1, -0.05) is 73.9 Å². The molecule has 0 heterocycles. The number of hydrogen-bond donors (Lipinski definition) is 4. The second kappa shape index (κ2) is 10.6. The Labute approximate surface area is 148 Å². The summed E-state index contributed by atoms with van der Waals surface area (Å²) in [5.41, 5.74) is 7.43. The van der Waals surface area contributed by atoms with Crippen LogP contribution in [0.3, 0.4) is 0 Å². The Morgan fingerprint density at radius 3 is 2.12 bits per heavy atom. The van der Waals surface area contributed by atoms with Gasteiger partial charge in [-0.2, -0.15) is 5.48 Å². The van der Waals surface area contributed by atoms with Gasteiger partial charge in [0, 0.05) is 6.42 Å². The maximum atomic E-state index is 10.9. The van der Waals surface area contributed by atoms with Gasteiger partial charge in [-0.15, -0.1) is 0 Å². The number of carbonyl (C=O) groups is 1. The third-order valence-corrected chi connectivity index (χ3v) is 4.35. The third-order valence-electron chi connectivity index (χ3n) is 4.35. The fourth-order valence-electron chi connectivity index (χ4n) is 2.89. The minimum atomic E-state index is -0.339. The largest absolute Gasteiger partial charge is 0.316 e. The number of carbonyl (C=O) groups excluding carboxylic acids is 1.